The molecular weight excluding hydrogens is 350 g/mol. The van der Waals surface area contributed by atoms with E-state index in [9.17, 15) is 14.9 Å². The van der Waals surface area contributed by atoms with Gasteiger partial charge in [-0.25, -0.2) is 12.1 Å². The van der Waals surface area contributed by atoms with Gasteiger partial charge in [-0.05, 0) is 17.8 Å². The molecule has 0 aliphatic heterocycles. The van der Waals surface area contributed by atoms with Crippen molar-refractivity contribution in [1.82, 2.24) is 0 Å². The van der Waals surface area contributed by atoms with Crippen LogP contribution in [0.3, 0.4) is 0 Å². The smallest absolute Gasteiger partial charge is 0.387 e. The summed E-state index contributed by atoms with van der Waals surface area (Å²) in [6.45, 7) is 0. The fraction of sp³-hybridized carbons (Fsp3) is 0. The Morgan fingerprint density at radius 2 is 1.62 bits per heavy atom. The molecule has 3 aromatic carbocycles. The van der Waals surface area contributed by atoms with Gasteiger partial charge < -0.3 is 15.4 Å². The summed E-state index contributed by atoms with van der Waals surface area (Å²) in [6.07, 6.45) is 0. The first-order valence-corrected chi connectivity index (χ1v) is 6.86. The molecule has 0 atom stereocenters. The molecule has 6 nitrogen and oxygen atoms in total. The van der Waals surface area contributed by atoms with Gasteiger partial charge >= 0.3 is 17.1 Å². The van der Waals surface area contributed by atoms with Crippen molar-refractivity contribution in [3.63, 3.8) is 0 Å². The molecule has 0 fully saturated rings. The van der Waals surface area contributed by atoms with Crippen LogP contribution in [0.2, 0.25) is 0 Å². The number of nitro benzene ring substituents is 1. The van der Waals surface area contributed by atoms with Crippen LogP contribution < -0.4 is 10.6 Å². The predicted molar refractivity (Wildman–Crippen MR) is 89.8 cm³/mol. The first kappa shape index (κ1) is 19.2. The number of amides is 2. The monoisotopic (exact) mass is 365 g/mol. The molecule has 3 aromatic rings. The zero-order valence-corrected chi connectivity index (χ0v) is 13.6. The molecule has 0 aliphatic rings. The van der Waals surface area contributed by atoms with E-state index in [0.29, 0.717) is 11.4 Å². The maximum Gasteiger partial charge on any atom is 6.00 e. The number of nitro groups is 1. The summed E-state index contributed by atoms with van der Waals surface area (Å²) in [5.74, 6) is 0. The van der Waals surface area contributed by atoms with Crippen LogP contribution in [0.25, 0.3) is 0 Å². The summed E-state index contributed by atoms with van der Waals surface area (Å²) in [5.41, 5.74) is 1.16. The summed E-state index contributed by atoms with van der Waals surface area (Å²) >= 11 is 0. The molecule has 0 unspecified atom stereocenters. The molecule has 0 aromatic heterocycles. The Balaban J connectivity index is 0.000000412. The fourth-order valence-electron chi connectivity index (χ4n) is 1.74. The first-order chi connectivity index (χ1) is 11.1. The molecule has 0 saturated heterocycles. The van der Waals surface area contributed by atoms with Crippen LogP contribution in [-0.4, -0.2) is 11.0 Å². The van der Waals surface area contributed by atoms with Crippen molar-refractivity contribution in [2.24, 2.45) is 0 Å². The number of rotatable bonds is 3. The largest absolute Gasteiger partial charge is 6.00 e. The third-order valence-corrected chi connectivity index (χ3v) is 2.81. The van der Waals surface area contributed by atoms with Gasteiger partial charge in [-0.15, -0.1) is 12.1 Å². The van der Waals surface area contributed by atoms with Gasteiger partial charge in [0.1, 0.15) is 0 Å². The third kappa shape index (κ3) is 6.48. The summed E-state index contributed by atoms with van der Waals surface area (Å²) in [4.78, 5) is 21.5. The quantitative estimate of drug-likeness (QED) is 0.313. The Labute approximate surface area is 149 Å². The SMILES string of the molecule is O=C(Nc1ccc([N+](=O)[O-])cc1)N[c-]1cccc1.[Fe+6].c1cc[cH-]c1. The van der Waals surface area contributed by atoms with Crippen molar-refractivity contribution in [2.75, 3.05) is 10.6 Å². The van der Waals surface area contributed by atoms with E-state index in [4.69, 9.17) is 0 Å². The van der Waals surface area contributed by atoms with Crippen LogP contribution in [0, 0.1) is 10.1 Å². The zero-order chi connectivity index (χ0) is 16.5. The van der Waals surface area contributed by atoms with Crippen LogP contribution in [-0.2, 0) is 17.1 Å². The Kier molecular flexibility index (Phi) is 7.98. The molecule has 0 saturated carbocycles. The number of non-ortho nitro benzene ring substituents is 1. The van der Waals surface area contributed by atoms with E-state index >= 15 is 0 Å². The maximum atomic E-state index is 11.5. The van der Waals surface area contributed by atoms with Gasteiger partial charge in [-0.2, -0.15) is 30.3 Å². The number of benzene rings is 1. The van der Waals surface area contributed by atoms with Crippen LogP contribution in [0.4, 0.5) is 21.9 Å². The molecule has 0 radical (unpaired) electrons. The molecule has 7 heteroatoms. The zero-order valence-electron chi connectivity index (χ0n) is 12.5. The molecule has 0 aliphatic carbocycles. The summed E-state index contributed by atoms with van der Waals surface area (Å²) in [5, 5.41) is 15.6. The van der Waals surface area contributed by atoms with Crippen molar-refractivity contribution in [3.05, 3.63) is 89.0 Å². The van der Waals surface area contributed by atoms with Crippen molar-refractivity contribution in [3.8, 4) is 0 Å². The second kappa shape index (κ2) is 9.99. The number of nitrogens with one attached hydrogen (secondary N) is 2. The van der Waals surface area contributed by atoms with Gasteiger partial charge in [-0.1, -0.05) is 0 Å². The maximum absolute atomic E-state index is 11.5. The van der Waals surface area contributed by atoms with E-state index < -0.39 is 11.0 Å². The molecule has 120 valence electrons. The van der Waals surface area contributed by atoms with E-state index in [1.807, 2.05) is 42.5 Å². The minimum absolute atomic E-state index is 0. The van der Waals surface area contributed by atoms with E-state index in [1.165, 1.54) is 24.3 Å². The molecule has 0 heterocycles. The van der Waals surface area contributed by atoms with Crippen molar-refractivity contribution < 1.29 is 26.8 Å². The van der Waals surface area contributed by atoms with Crippen LogP contribution in [0.1, 0.15) is 0 Å². The summed E-state index contributed by atoms with van der Waals surface area (Å²) < 4.78 is 0. The van der Waals surface area contributed by atoms with E-state index in [0.717, 1.165) is 0 Å². The van der Waals surface area contributed by atoms with Crippen LogP contribution in [0.5, 0.6) is 0 Å². The molecule has 2 amide bonds. The van der Waals surface area contributed by atoms with Gasteiger partial charge in [0.25, 0.3) is 5.69 Å². The molecule has 2 N–H and O–H groups in total. The number of hydrogen-bond acceptors (Lipinski definition) is 3. The van der Waals surface area contributed by atoms with Crippen LogP contribution in [0.15, 0.2) is 78.9 Å². The van der Waals surface area contributed by atoms with Gasteiger partial charge in [0.15, 0.2) is 0 Å². The topological polar surface area (TPSA) is 84.3 Å². The van der Waals surface area contributed by atoms with Crippen molar-refractivity contribution in [1.29, 1.82) is 0 Å². The van der Waals surface area contributed by atoms with Crippen molar-refractivity contribution >= 4 is 23.1 Å². The normalized spacial score (nSPS) is 9.00. The number of nitrogens with zero attached hydrogens (tertiary/aromatic N) is 1. The second-order valence-electron chi connectivity index (χ2n) is 4.52. The van der Waals surface area contributed by atoms with E-state index in [-0.39, 0.29) is 22.8 Å². The average Bonchev–Trinajstić information content (AvgIpc) is 3.24. The van der Waals surface area contributed by atoms with Gasteiger partial charge in [0.2, 0.25) is 6.03 Å². The van der Waals surface area contributed by atoms with Gasteiger partial charge in [0, 0.05) is 17.8 Å². The molecular formula is C17H15FeN3O3+4. The minimum Gasteiger partial charge on any atom is -0.387 e. The average molecular weight is 365 g/mol. The number of anilines is 2. The summed E-state index contributed by atoms with van der Waals surface area (Å²) in [7, 11) is 0. The Hall–Kier alpha value is -2.89. The Bertz CT molecular complexity index is 706. The number of carbonyl (C=O) groups is 1. The Morgan fingerprint density at radius 1 is 1.04 bits per heavy atom. The Morgan fingerprint density at radius 3 is 2.08 bits per heavy atom. The molecule has 3 rings (SSSR count). The van der Waals surface area contributed by atoms with E-state index in [2.05, 4.69) is 10.6 Å². The van der Waals surface area contributed by atoms with Gasteiger partial charge in [0.05, 0.1) is 4.92 Å². The summed E-state index contributed by atoms with van der Waals surface area (Å²) in [6, 6.07) is 22.4. The first-order valence-electron chi connectivity index (χ1n) is 6.86. The van der Waals surface area contributed by atoms with E-state index in [1.54, 1.807) is 12.1 Å². The number of urea groups is 1. The fourth-order valence-corrected chi connectivity index (χ4v) is 1.74. The minimum atomic E-state index is -0.492. The van der Waals surface area contributed by atoms with Crippen LogP contribution >= 0.6 is 0 Å². The number of hydrogen-bond donors (Lipinski definition) is 2. The number of carbonyl (C=O) groups excluding carboxylic acids is 1. The molecule has 0 bridgehead atoms. The van der Waals surface area contributed by atoms with Gasteiger partial charge in [-0.3, -0.25) is 10.1 Å². The predicted octanol–water partition coefficient (Wildman–Crippen LogP) is 4.36. The molecule has 24 heavy (non-hydrogen) atoms. The standard InChI is InChI=1S/C12H10N3O3.C5H5.Fe/c16-12(13-9-3-1-2-4-9)14-10-5-7-11(8-6-10)15(17)18;1-2-4-5-3-1;/h1-8H,(H2,13,14,16);1-5H;/q2*-1;+6. The third-order valence-electron chi connectivity index (χ3n) is 2.81. The second-order valence-corrected chi connectivity index (χ2v) is 4.52. The molecule has 0 spiro atoms. The van der Waals surface area contributed by atoms with Crippen molar-refractivity contribution in [2.45, 2.75) is 0 Å².